The van der Waals surface area contributed by atoms with Gasteiger partial charge in [0.25, 0.3) is 6.43 Å². The van der Waals surface area contributed by atoms with Crippen LogP contribution in [0.15, 0.2) is 22.7 Å². The quantitative estimate of drug-likeness (QED) is 0.848. The summed E-state index contributed by atoms with van der Waals surface area (Å²) in [4.78, 5) is 0. The molecule has 0 spiro atoms. The van der Waals surface area contributed by atoms with Crippen LogP contribution in [0, 0.1) is 0 Å². The molecule has 1 aromatic rings. The smallest absolute Gasteiger partial charge is 0.257 e. The normalized spacial score (nSPS) is 13.3. The second-order valence-corrected chi connectivity index (χ2v) is 3.39. The Labute approximate surface area is 82.5 Å². The van der Waals surface area contributed by atoms with Gasteiger partial charge >= 0.3 is 0 Å². The molecule has 1 aromatic carbocycles. The molecule has 3 N–H and O–H groups in total. The number of phenolic OH excluding ortho intramolecular Hbond substituents is 1. The summed E-state index contributed by atoms with van der Waals surface area (Å²) >= 11 is 3.01. The van der Waals surface area contributed by atoms with Crippen LogP contribution in [-0.4, -0.2) is 11.5 Å². The van der Waals surface area contributed by atoms with Crippen LogP contribution < -0.4 is 5.73 Å². The van der Waals surface area contributed by atoms with E-state index in [1.807, 2.05) is 0 Å². The van der Waals surface area contributed by atoms with Crippen LogP contribution in [0.3, 0.4) is 0 Å². The van der Waals surface area contributed by atoms with E-state index in [4.69, 9.17) is 5.73 Å². The number of alkyl halides is 2. The first-order chi connectivity index (χ1) is 6.04. The number of hydrogen-bond donors (Lipinski definition) is 2. The molecule has 0 aliphatic heterocycles. The molecule has 1 atom stereocenters. The molecule has 0 saturated heterocycles. The second kappa shape index (κ2) is 4.02. The minimum absolute atomic E-state index is 0.0457. The zero-order valence-electron chi connectivity index (χ0n) is 6.55. The second-order valence-electron chi connectivity index (χ2n) is 2.54. The highest BCUT2D eigenvalue weighted by Gasteiger charge is 2.21. The van der Waals surface area contributed by atoms with Crippen molar-refractivity contribution < 1.29 is 13.9 Å². The van der Waals surface area contributed by atoms with E-state index in [1.165, 1.54) is 6.07 Å². The van der Waals surface area contributed by atoms with Gasteiger partial charge in [-0.15, -0.1) is 0 Å². The Kier molecular flexibility index (Phi) is 3.22. The molecule has 0 amide bonds. The van der Waals surface area contributed by atoms with E-state index >= 15 is 0 Å². The van der Waals surface area contributed by atoms with Crippen molar-refractivity contribution in [2.75, 3.05) is 0 Å². The van der Waals surface area contributed by atoms with Gasteiger partial charge in [-0.25, -0.2) is 8.78 Å². The van der Waals surface area contributed by atoms with Gasteiger partial charge in [0.05, 0.1) is 10.5 Å². The molecule has 0 bridgehead atoms. The molecule has 72 valence electrons. The predicted molar refractivity (Wildman–Crippen MR) is 48.7 cm³/mol. The number of hydrogen-bond acceptors (Lipinski definition) is 2. The van der Waals surface area contributed by atoms with Gasteiger partial charge in [0.1, 0.15) is 5.75 Å². The maximum Gasteiger partial charge on any atom is 0.257 e. The van der Waals surface area contributed by atoms with Crippen molar-refractivity contribution in [3.8, 4) is 5.75 Å². The summed E-state index contributed by atoms with van der Waals surface area (Å²) in [5.41, 5.74) is 5.22. The van der Waals surface area contributed by atoms with Crippen molar-refractivity contribution in [2.45, 2.75) is 12.5 Å². The van der Waals surface area contributed by atoms with Crippen LogP contribution in [0.5, 0.6) is 5.75 Å². The first-order valence-corrected chi connectivity index (χ1v) is 4.34. The molecular weight excluding hydrogens is 244 g/mol. The number of phenols is 1. The molecule has 0 fully saturated rings. The van der Waals surface area contributed by atoms with Crippen LogP contribution in [-0.2, 0) is 0 Å². The molecular formula is C8H8BrF2NO. The van der Waals surface area contributed by atoms with E-state index in [9.17, 15) is 13.9 Å². The lowest BCUT2D eigenvalue weighted by Gasteiger charge is -2.12. The summed E-state index contributed by atoms with van der Waals surface area (Å²) in [5, 5.41) is 9.36. The number of rotatable bonds is 2. The third-order valence-electron chi connectivity index (χ3n) is 1.65. The number of para-hydroxylation sites is 1. The van der Waals surface area contributed by atoms with E-state index in [-0.39, 0.29) is 11.3 Å². The lowest BCUT2D eigenvalue weighted by molar-refractivity contribution is 0.115. The average Bonchev–Trinajstić information content (AvgIpc) is 2.08. The lowest BCUT2D eigenvalue weighted by Crippen LogP contribution is -2.18. The highest BCUT2D eigenvalue weighted by Crippen LogP contribution is 2.32. The maximum absolute atomic E-state index is 12.2. The molecule has 0 aliphatic rings. The standard InChI is InChI=1S/C8H8BrF2NO/c9-5-3-1-2-4(7(5)13)6(12)8(10)11/h1-3,6,8,13H,12H2/t6-/m1/s1. The molecule has 0 aliphatic carbocycles. The Morgan fingerprint density at radius 3 is 2.54 bits per heavy atom. The summed E-state index contributed by atoms with van der Waals surface area (Å²) in [6, 6.07) is 3.02. The van der Waals surface area contributed by atoms with Gasteiger partial charge in [-0.2, -0.15) is 0 Å². The number of halogens is 3. The fourth-order valence-electron chi connectivity index (χ4n) is 0.937. The molecule has 0 saturated carbocycles. The van der Waals surface area contributed by atoms with Gasteiger partial charge in [-0.05, 0) is 22.0 Å². The van der Waals surface area contributed by atoms with Crippen LogP contribution in [0.1, 0.15) is 11.6 Å². The Morgan fingerprint density at radius 1 is 1.38 bits per heavy atom. The highest BCUT2D eigenvalue weighted by molar-refractivity contribution is 9.10. The fraction of sp³-hybridized carbons (Fsp3) is 0.250. The van der Waals surface area contributed by atoms with Crippen molar-refractivity contribution in [1.82, 2.24) is 0 Å². The number of benzene rings is 1. The maximum atomic E-state index is 12.2. The van der Waals surface area contributed by atoms with Crippen molar-refractivity contribution >= 4 is 15.9 Å². The van der Waals surface area contributed by atoms with Gasteiger partial charge in [0, 0.05) is 5.56 Å². The van der Waals surface area contributed by atoms with Crippen molar-refractivity contribution in [3.63, 3.8) is 0 Å². The van der Waals surface area contributed by atoms with E-state index < -0.39 is 12.5 Å². The zero-order chi connectivity index (χ0) is 10.0. The molecule has 0 unspecified atom stereocenters. The summed E-state index contributed by atoms with van der Waals surface area (Å²) < 4.78 is 24.7. The van der Waals surface area contributed by atoms with Gasteiger partial charge < -0.3 is 10.8 Å². The fourth-order valence-corrected chi connectivity index (χ4v) is 1.32. The van der Waals surface area contributed by atoms with Crippen LogP contribution in [0.2, 0.25) is 0 Å². The predicted octanol–water partition coefficient (Wildman–Crippen LogP) is 2.42. The van der Waals surface area contributed by atoms with Gasteiger partial charge in [-0.1, -0.05) is 12.1 Å². The Balaban J connectivity index is 3.07. The van der Waals surface area contributed by atoms with Crippen LogP contribution >= 0.6 is 15.9 Å². The summed E-state index contributed by atoms with van der Waals surface area (Å²) in [5.74, 6) is -0.227. The van der Waals surface area contributed by atoms with Crippen molar-refractivity contribution in [3.05, 3.63) is 28.2 Å². The molecule has 2 nitrogen and oxygen atoms in total. The van der Waals surface area contributed by atoms with Gasteiger partial charge in [0.2, 0.25) is 0 Å². The molecule has 5 heteroatoms. The Bertz CT molecular complexity index is 306. The highest BCUT2D eigenvalue weighted by atomic mass is 79.9. The largest absolute Gasteiger partial charge is 0.506 e. The third-order valence-corrected chi connectivity index (χ3v) is 2.29. The average molecular weight is 252 g/mol. The molecule has 13 heavy (non-hydrogen) atoms. The van der Waals surface area contributed by atoms with E-state index in [2.05, 4.69) is 15.9 Å². The van der Waals surface area contributed by atoms with E-state index in [1.54, 1.807) is 12.1 Å². The first kappa shape index (κ1) is 10.4. The topological polar surface area (TPSA) is 46.2 Å². The first-order valence-electron chi connectivity index (χ1n) is 3.55. The minimum Gasteiger partial charge on any atom is -0.506 e. The molecule has 0 radical (unpaired) electrons. The molecule has 1 rings (SSSR count). The van der Waals surface area contributed by atoms with Crippen LogP contribution in [0.25, 0.3) is 0 Å². The summed E-state index contributed by atoms with van der Waals surface area (Å²) in [6.07, 6.45) is -2.68. The van der Waals surface area contributed by atoms with E-state index in [0.29, 0.717) is 4.47 Å². The summed E-state index contributed by atoms with van der Waals surface area (Å²) in [6.45, 7) is 0. The lowest BCUT2D eigenvalue weighted by atomic mass is 10.1. The molecule has 0 aromatic heterocycles. The van der Waals surface area contributed by atoms with Crippen molar-refractivity contribution in [1.29, 1.82) is 0 Å². The van der Waals surface area contributed by atoms with Crippen molar-refractivity contribution in [2.24, 2.45) is 5.73 Å². The molecule has 0 heterocycles. The monoisotopic (exact) mass is 251 g/mol. The van der Waals surface area contributed by atoms with Gasteiger partial charge in [0.15, 0.2) is 0 Å². The zero-order valence-corrected chi connectivity index (χ0v) is 8.13. The third kappa shape index (κ3) is 2.16. The summed E-state index contributed by atoms with van der Waals surface area (Å²) in [7, 11) is 0. The Morgan fingerprint density at radius 2 is 2.00 bits per heavy atom. The number of aromatic hydroxyl groups is 1. The van der Waals surface area contributed by atoms with Crippen LogP contribution in [0.4, 0.5) is 8.78 Å². The van der Waals surface area contributed by atoms with Gasteiger partial charge in [-0.3, -0.25) is 0 Å². The van der Waals surface area contributed by atoms with E-state index in [0.717, 1.165) is 0 Å². The minimum atomic E-state index is -2.68. The Hall–Kier alpha value is -0.680. The number of nitrogens with two attached hydrogens (primary N) is 1. The SMILES string of the molecule is N[C@H](c1cccc(Br)c1O)C(F)F.